The summed E-state index contributed by atoms with van der Waals surface area (Å²) in [4.78, 5) is 14.0. The molecule has 0 spiro atoms. The van der Waals surface area contributed by atoms with Crippen LogP contribution < -0.4 is 4.74 Å². The van der Waals surface area contributed by atoms with Gasteiger partial charge in [-0.3, -0.25) is 4.79 Å². The summed E-state index contributed by atoms with van der Waals surface area (Å²) in [6.45, 7) is 0.432. The summed E-state index contributed by atoms with van der Waals surface area (Å²) in [6, 6.07) is 14.8. The first kappa shape index (κ1) is 16.7. The molecule has 0 aliphatic heterocycles. The fourth-order valence-corrected chi connectivity index (χ4v) is 2.40. The zero-order chi connectivity index (χ0) is 17.8. The van der Waals surface area contributed by atoms with E-state index < -0.39 is 0 Å². The van der Waals surface area contributed by atoms with Crippen molar-refractivity contribution in [3.05, 3.63) is 71.7 Å². The van der Waals surface area contributed by atoms with Crippen molar-refractivity contribution in [2.24, 2.45) is 0 Å². The second-order valence-corrected chi connectivity index (χ2v) is 5.59. The van der Waals surface area contributed by atoms with Crippen molar-refractivity contribution in [2.45, 2.75) is 6.54 Å². The molecule has 0 bridgehead atoms. The van der Waals surface area contributed by atoms with Gasteiger partial charge in [0.15, 0.2) is 11.5 Å². The molecule has 128 valence electrons. The van der Waals surface area contributed by atoms with Gasteiger partial charge in [-0.05, 0) is 42.0 Å². The van der Waals surface area contributed by atoms with Gasteiger partial charge in [0.25, 0.3) is 5.91 Å². The Hall–Kier alpha value is -3.15. The summed E-state index contributed by atoms with van der Waals surface area (Å²) >= 11 is 0. The van der Waals surface area contributed by atoms with Crippen LogP contribution in [0.1, 0.15) is 16.1 Å². The third-order valence-electron chi connectivity index (χ3n) is 3.78. The average molecular weight is 340 g/mol. The van der Waals surface area contributed by atoms with Gasteiger partial charge < -0.3 is 14.2 Å². The van der Waals surface area contributed by atoms with Crippen LogP contribution in [0.5, 0.6) is 5.75 Å². The molecule has 6 heteroatoms. The number of hydrogen-bond acceptors (Lipinski definition) is 4. The van der Waals surface area contributed by atoms with Crippen LogP contribution in [0.3, 0.4) is 0 Å². The smallest absolute Gasteiger partial charge is 0.276 e. The van der Waals surface area contributed by atoms with E-state index in [4.69, 9.17) is 9.26 Å². The quantitative estimate of drug-likeness (QED) is 0.710. The summed E-state index contributed by atoms with van der Waals surface area (Å²) in [5, 5.41) is 3.83. The molecular formula is C19H17FN2O3. The Kier molecular flexibility index (Phi) is 4.79. The van der Waals surface area contributed by atoms with Crippen LogP contribution in [-0.4, -0.2) is 30.1 Å². The van der Waals surface area contributed by atoms with Crippen LogP contribution >= 0.6 is 0 Å². The maximum absolute atomic E-state index is 13.0. The van der Waals surface area contributed by atoms with E-state index in [1.807, 2.05) is 24.3 Å². The van der Waals surface area contributed by atoms with Gasteiger partial charge in [0.05, 0.1) is 7.11 Å². The van der Waals surface area contributed by atoms with Crippen LogP contribution in [0, 0.1) is 5.82 Å². The predicted molar refractivity (Wildman–Crippen MR) is 90.7 cm³/mol. The lowest BCUT2D eigenvalue weighted by Gasteiger charge is -2.15. The Morgan fingerprint density at radius 1 is 1.16 bits per heavy atom. The largest absolute Gasteiger partial charge is 0.497 e. The molecule has 25 heavy (non-hydrogen) atoms. The predicted octanol–water partition coefficient (Wildman–Crippen LogP) is 3.76. The number of carbonyl (C=O) groups is 1. The summed E-state index contributed by atoms with van der Waals surface area (Å²) in [5.41, 5.74) is 1.83. The maximum atomic E-state index is 13.0. The number of halogens is 1. The standard InChI is InChI=1S/C19H17FN2O3/c1-22(12-13-3-9-16(24-2)10-4-13)19(23)17-11-18(25-21-17)14-5-7-15(20)8-6-14/h3-11H,12H2,1-2H3. The number of rotatable bonds is 5. The van der Waals surface area contributed by atoms with E-state index >= 15 is 0 Å². The number of hydrogen-bond donors (Lipinski definition) is 0. The molecule has 1 aromatic heterocycles. The van der Waals surface area contributed by atoms with Crippen LogP contribution in [0.4, 0.5) is 4.39 Å². The van der Waals surface area contributed by atoms with Gasteiger partial charge in [-0.15, -0.1) is 0 Å². The molecule has 5 nitrogen and oxygen atoms in total. The van der Waals surface area contributed by atoms with Gasteiger partial charge in [0.1, 0.15) is 11.6 Å². The number of aromatic nitrogens is 1. The molecule has 0 aliphatic carbocycles. The first-order valence-electron chi connectivity index (χ1n) is 7.68. The highest BCUT2D eigenvalue weighted by molar-refractivity contribution is 5.92. The summed E-state index contributed by atoms with van der Waals surface area (Å²) in [7, 11) is 3.30. The normalized spacial score (nSPS) is 10.5. The topological polar surface area (TPSA) is 55.6 Å². The third-order valence-corrected chi connectivity index (χ3v) is 3.78. The summed E-state index contributed by atoms with van der Waals surface area (Å²) < 4.78 is 23.3. The first-order valence-corrected chi connectivity index (χ1v) is 7.68. The summed E-state index contributed by atoms with van der Waals surface area (Å²) in [5.74, 6) is 0.589. The summed E-state index contributed by atoms with van der Waals surface area (Å²) in [6.07, 6.45) is 0. The highest BCUT2D eigenvalue weighted by Gasteiger charge is 2.18. The number of amides is 1. The Morgan fingerprint density at radius 3 is 2.48 bits per heavy atom. The molecule has 0 fully saturated rings. The lowest BCUT2D eigenvalue weighted by atomic mass is 10.1. The van der Waals surface area contributed by atoms with Gasteiger partial charge in [-0.25, -0.2) is 4.39 Å². The highest BCUT2D eigenvalue weighted by atomic mass is 19.1. The van der Waals surface area contributed by atoms with E-state index in [-0.39, 0.29) is 17.4 Å². The Bertz CT molecular complexity index is 857. The molecule has 0 saturated carbocycles. The third kappa shape index (κ3) is 3.85. The minimum atomic E-state index is -0.334. The van der Waals surface area contributed by atoms with Crippen LogP contribution in [0.25, 0.3) is 11.3 Å². The second-order valence-electron chi connectivity index (χ2n) is 5.59. The van der Waals surface area contributed by atoms with Crippen molar-refractivity contribution in [1.29, 1.82) is 0 Å². The molecular weight excluding hydrogens is 323 g/mol. The van der Waals surface area contributed by atoms with E-state index in [1.54, 1.807) is 37.3 Å². The van der Waals surface area contributed by atoms with Gasteiger partial charge >= 0.3 is 0 Å². The fourth-order valence-electron chi connectivity index (χ4n) is 2.40. The van der Waals surface area contributed by atoms with Gasteiger partial charge in [-0.2, -0.15) is 0 Å². The zero-order valence-electron chi connectivity index (χ0n) is 13.9. The zero-order valence-corrected chi connectivity index (χ0v) is 13.9. The second kappa shape index (κ2) is 7.17. The molecule has 0 radical (unpaired) electrons. The molecule has 0 aliphatic rings. The molecule has 1 heterocycles. The Balaban J connectivity index is 1.70. The van der Waals surface area contributed by atoms with Crippen molar-refractivity contribution in [3.8, 4) is 17.1 Å². The SMILES string of the molecule is COc1ccc(CN(C)C(=O)c2cc(-c3ccc(F)cc3)on2)cc1. The van der Waals surface area contributed by atoms with E-state index in [9.17, 15) is 9.18 Å². The number of carbonyl (C=O) groups excluding carboxylic acids is 1. The van der Waals surface area contributed by atoms with Crippen molar-refractivity contribution in [3.63, 3.8) is 0 Å². The molecule has 0 atom stereocenters. The molecule has 2 aromatic carbocycles. The number of nitrogens with zero attached hydrogens (tertiary/aromatic N) is 2. The Labute approximate surface area is 144 Å². The molecule has 3 aromatic rings. The minimum absolute atomic E-state index is 0.204. The van der Waals surface area contributed by atoms with E-state index in [0.29, 0.717) is 17.9 Å². The van der Waals surface area contributed by atoms with Crippen LogP contribution in [0.2, 0.25) is 0 Å². The molecule has 1 amide bonds. The lowest BCUT2D eigenvalue weighted by molar-refractivity contribution is 0.0775. The molecule has 3 rings (SSSR count). The van der Waals surface area contributed by atoms with E-state index in [0.717, 1.165) is 11.3 Å². The maximum Gasteiger partial charge on any atom is 0.276 e. The molecule has 0 unspecified atom stereocenters. The van der Waals surface area contributed by atoms with Crippen LogP contribution in [0.15, 0.2) is 59.1 Å². The average Bonchev–Trinajstić information content (AvgIpc) is 3.12. The van der Waals surface area contributed by atoms with E-state index in [2.05, 4.69) is 5.16 Å². The minimum Gasteiger partial charge on any atom is -0.497 e. The monoisotopic (exact) mass is 340 g/mol. The molecule has 0 N–H and O–H groups in total. The van der Waals surface area contributed by atoms with Crippen LogP contribution in [-0.2, 0) is 6.54 Å². The van der Waals surface area contributed by atoms with Crippen molar-refractivity contribution in [1.82, 2.24) is 10.1 Å². The molecule has 0 saturated heterocycles. The van der Waals surface area contributed by atoms with Crippen molar-refractivity contribution >= 4 is 5.91 Å². The number of ether oxygens (including phenoxy) is 1. The van der Waals surface area contributed by atoms with Crippen molar-refractivity contribution in [2.75, 3.05) is 14.2 Å². The first-order chi connectivity index (χ1) is 12.1. The van der Waals surface area contributed by atoms with E-state index in [1.165, 1.54) is 12.1 Å². The Morgan fingerprint density at radius 2 is 1.84 bits per heavy atom. The number of methoxy groups -OCH3 is 1. The fraction of sp³-hybridized carbons (Fsp3) is 0.158. The van der Waals surface area contributed by atoms with Gasteiger partial charge in [0.2, 0.25) is 0 Å². The number of benzene rings is 2. The van der Waals surface area contributed by atoms with Gasteiger partial charge in [0, 0.05) is 25.2 Å². The van der Waals surface area contributed by atoms with Crippen molar-refractivity contribution < 1.29 is 18.4 Å². The lowest BCUT2D eigenvalue weighted by Crippen LogP contribution is -2.26. The van der Waals surface area contributed by atoms with Gasteiger partial charge in [-0.1, -0.05) is 17.3 Å². The highest BCUT2D eigenvalue weighted by Crippen LogP contribution is 2.21.